The summed E-state index contributed by atoms with van der Waals surface area (Å²) in [5.41, 5.74) is 6.78. The zero-order valence-electron chi connectivity index (χ0n) is 15.3. The third kappa shape index (κ3) is 7.78. The minimum Gasteiger partial charge on any atom is -0.444 e. The van der Waals surface area contributed by atoms with Gasteiger partial charge < -0.3 is 15.6 Å². The van der Waals surface area contributed by atoms with Crippen molar-refractivity contribution in [2.24, 2.45) is 5.73 Å². The molecule has 6 nitrogen and oxygen atoms in total. The maximum atomic E-state index is 12.2. The molecule has 0 aliphatic rings. The number of Topliss-reactive ketones (excluding diaryl/α,β-unsaturated/α-hetero) is 1. The highest BCUT2D eigenvalue weighted by Gasteiger charge is 2.17. The van der Waals surface area contributed by atoms with Gasteiger partial charge in [0, 0.05) is 17.0 Å². The first-order valence-corrected chi connectivity index (χ1v) is 7.54. The minimum absolute atomic E-state index is 0.147. The first-order chi connectivity index (χ1) is 10.9. The van der Waals surface area contributed by atoms with Gasteiger partial charge in [0.15, 0.2) is 5.78 Å². The Morgan fingerprint density at radius 3 is 2.12 bits per heavy atom. The van der Waals surface area contributed by atoms with E-state index in [1.54, 1.807) is 47.6 Å². The van der Waals surface area contributed by atoms with Crippen LogP contribution < -0.4 is 11.1 Å². The summed E-state index contributed by atoms with van der Waals surface area (Å²) in [5, 5.41) is 11.8. The fourth-order valence-electron chi connectivity index (χ4n) is 1.60. The number of ether oxygens (including phenoxy) is 1. The molecule has 6 heteroatoms. The molecule has 0 heterocycles. The largest absolute Gasteiger partial charge is 0.444 e. The van der Waals surface area contributed by atoms with Crippen LogP contribution in [0.3, 0.4) is 0 Å². The van der Waals surface area contributed by atoms with E-state index in [-0.39, 0.29) is 17.1 Å². The highest BCUT2D eigenvalue weighted by Crippen LogP contribution is 2.12. The van der Waals surface area contributed by atoms with Gasteiger partial charge in [0.25, 0.3) is 0 Å². The Labute approximate surface area is 143 Å². The Kier molecular flexibility index (Phi) is 8.19. The summed E-state index contributed by atoms with van der Waals surface area (Å²) in [6, 6.07) is 0. The van der Waals surface area contributed by atoms with Gasteiger partial charge >= 0.3 is 6.09 Å². The molecule has 4 N–H and O–H groups in total. The first kappa shape index (κ1) is 21.7. The Morgan fingerprint density at radius 2 is 1.75 bits per heavy atom. The molecule has 0 aliphatic carbocycles. The number of nitrogens with two attached hydrogens (primary N) is 1. The summed E-state index contributed by atoms with van der Waals surface area (Å²) in [6.07, 6.45) is 2.48. The van der Waals surface area contributed by atoms with Crippen molar-refractivity contribution in [3.63, 3.8) is 0 Å². The number of aliphatic hydroxyl groups excluding tert-OH is 1. The van der Waals surface area contributed by atoms with Crippen molar-refractivity contribution in [2.45, 2.75) is 47.1 Å². The maximum absolute atomic E-state index is 12.2. The van der Waals surface area contributed by atoms with Crippen molar-refractivity contribution in [3.05, 3.63) is 46.8 Å². The van der Waals surface area contributed by atoms with Crippen molar-refractivity contribution in [3.8, 4) is 0 Å². The highest BCUT2D eigenvalue weighted by molar-refractivity contribution is 6.08. The standard InChI is InChI=1S/C18H28N2O4/c1-11(2)15(20-17(23)24-18(5,6)7)9-8-12(3)16(22)14(10-21)13(4)19/h8-9,21H,1,10,19H2,2-7H3,(H,20,23)/b12-8+,14-13-,15-9+. The van der Waals surface area contributed by atoms with E-state index < -0.39 is 18.3 Å². The average molecular weight is 336 g/mol. The van der Waals surface area contributed by atoms with Crippen LogP contribution in [0.25, 0.3) is 0 Å². The molecule has 0 unspecified atom stereocenters. The normalized spacial score (nSPS) is 14.0. The van der Waals surface area contributed by atoms with E-state index in [4.69, 9.17) is 10.5 Å². The summed E-state index contributed by atoms with van der Waals surface area (Å²) in [5.74, 6) is -0.355. The number of nitrogens with one attached hydrogen (secondary N) is 1. The molecule has 0 radical (unpaired) electrons. The van der Waals surface area contributed by atoms with Crippen molar-refractivity contribution in [1.29, 1.82) is 0 Å². The molecule has 0 aromatic heterocycles. The monoisotopic (exact) mass is 336 g/mol. The van der Waals surface area contributed by atoms with Gasteiger partial charge in [-0.2, -0.15) is 0 Å². The minimum atomic E-state index is -0.620. The molecule has 0 spiro atoms. The molecule has 0 bridgehead atoms. The molecule has 24 heavy (non-hydrogen) atoms. The second-order valence-corrected chi connectivity index (χ2v) is 6.49. The topological polar surface area (TPSA) is 102 Å². The van der Waals surface area contributed by atoms with Gasteiger partial charge in [-0.3, -0.25) is 10.1 Å². The summed E-state index contributed by atoms with van der Waals surface area (Å²) in [7, 11) is 0. The van der Waals surface area contributed by atoms with Gasteiger partial charge in [-0.15, -0.1) is 0 Å². The van der Waals surface area contributed by atoms with Crippen LogP contribution >= 0.6 is 0 Å². The van der Waals surface area contributed by atoms with Crippen molar-refractivity contribution >= 4 is 11.9 Å². The lowest BCUT2D eigenvalue weighted by Gasteiger charge is -2.20. The lowest BCUT2D eigenvalue weighted by molar-refractivity contribution is -0.112. The van der Waals surface area contributed by atoms with E-state index in [9.17, 15) is 14.7 Å². The van der Waals surface area contributed by atoms with E-state index in [0.717, 1.165) is 0 Å². The quantitative estimate of drug-likeness (QED) is 0.511. The third-order valence-electron chi connectivity index (χ3n) is 2.86. The van der Waals surface area contributed by atoms with Crippen molar-refractivity contribution in [1.82, 2.24) is 5.32 Å². The fraction of sp³-hybridized carbons (Fsp3) is 0.444. The molecule has 0 rings (SSSR count). The Hall–Kier alpha value is -2.34. The third-order valence-corrected chi connectivity index (χ3v) is 2.86. The number of rotatable bonds is 6. The molecule has 0 saturated carbocycles. The summed E-state index contributed by atoms with van der Waals surface area (Å²) < 4.78 is 5.18. The highest BCUT2D eigenvalue weighted by atomic mass is 16.6. The van der Waals surface area contributed by atoms with Gasteiger partial charge in [0.2, 0.25) is 0 Å². The van der Waals surface area contributed by atoms with Crippen molar-refractivity contribution < 1.29 is 19.4 Å². The number of carbonyl (C=O) groups excluding carboxylic acids is 2. The number of carbonyl (C=O) groups is 2. The van der Waals surface area contributed by atoms with E-state index >= 15 is 0 Å². The number of hydrogen-bond acceptors (Lipinski definition) is 5. The number of aliphatic hydroxyl groups is 1. The summed E-state index contributed by atoms with van der Waals surface area (Å²) in [6.45, 7) is 13.5. The SMILES string of the molecule is C=C(C)/C(=C\C=C(/C)C(=O)/C(CO)=C(/C)N)NC(=O)OC(C)(C)C. The van der Waals surface area contributed by atoms with Crippen LogP contribution in [0.5, 0.6) is 0 Å². The molecule has 0 aromatic carbocycles. The second-order valence-electron chi connectivity index (χ2n) is 6.49. The van der Waals surface area contributed by atoms with E-state index in [1.165, 1.54) is 6.08 Å². The number of alkyl carbamates (subject to hydrolysis) is 1. The smallest absolute Gasteiger partial charge is 0.412 e. The van der Waals surface area contributed by atoms with Crippen LogP contribution in [-0.4, -0.2) is 29.2 Å². The lowest BCUT2D eigenvalue weighted by atomic mass is 10.0. The van der Waals surface area contributed by atoms with Crippen LogP contribution in [0.4, 0.5) is 4.79 Å². The lowest BCUT2D eigenvalue weighted by Crippen LogP contribution is -2.32. The number of hydrogen-bond donors (Lipinski definition) is 3. The molecule has 0 aromatic rings. The summed E-state index contributed by atoms with van der Waals surface area (Å²) in [4.78, 5) is 24.0. The van der Waals surface area contributed by atoms with Gasteiger partial charge in [-0.25, -0.2) is 4.79 Å². The zero-order chi connectivity index (χ0) is 19.1. The molecule has 0 atom stereocenters. The molecule has 1 amide bonds. The second kappa shape index (κ2) is 9.08. The molecule has 0 aliphatic heterocycles. The zero-order valence-corrected chi connectivity index (χ0v) is 15.3. The van der Waals surface area contributed by atoms with Crippen LogP contribution in [0.1, 0.15) is 41.5 Å². The van der Waals surface area contributed by atoms with Crippen molar-refractivity contribution in [2.75, 3.05) is 6.61 Å². The predicted molar refractivity (Wildman–Crippen MR) is 95.0 cm³/mol. The molecule has 0 saturated heterocycles. The summed E-state index contributed by atoms with van der Waals surface area (Å²) >= 11 is 0. The van der Waals surface area contributed by atoms with Crippen LogP contribution in [0, 0.1) is 0 Å². The fourth-order valence-corrected chi connectivity index (χ4v) is 1.60. The first-order valence-electron chi connectivity index (χ1n) is 7.54. The molecule has 0 fully saturated rings. The Morgan fingerprint density at radius 1 is 1.21 bits per heavy atom. The average Bonchev–Trinajstić information content (AvgIpc) is 2.40. The molecule has 134 valence electrons. The molecular weight excluding hydrogens is 308 g/mol. The van der Waals surface area contributed by atoms with Gasteiger partial charge in [0.1, 0.15) is 5.60 Å². The van der Waals surface area contributed by atoms with Gasteiger partial charge in [-0.05, 0) is 58.8 Å². The van der Waals surface area contributed by atoms with Gasteiger partial charge in [-0.1, -0.05) is 12.7 Å². The van der Waals surface area contributed by atoms with Crippen LogP contribution in [0.15, 0.2) is 46.8 Å². The van der Waals surface area contributed by atoms with Crippen LogP contribution in [-0.2, 0) is 9.53 Å². The van der Waals surface area contributed by atoms with E-state index in [0.29, 0.717) is 16.8 Å². The van der Waals surface area contributed by atoms with Gasteiger partial charge in [0.05, 0.1) is 6.61 Å². The predicted octanol–water partition coefficient (Wildman–Crippen LogP) is 2.71. The van der Waals surface area contributed by atoms with E-state index in [2.05, 4.69) is 11.9 Å². The number of amides is 1. The molecular formula is C18H28N2O4. The number of ketones is 1. The van der Waals surface area contributed by atoms with E-state index in [1.807, 2.05) is 0 Å². The maximum Gasteiger partial charge on any atom is 0.412 e. The number of allylic oxidation sites excluding steroid dienone is 5. The van der Waals surface area contributed by atoms with Crippen LogP contribution in [0.2, 0.25) is 0 Å². The Bertz CT molecular complexity index is 601. The Balaban J connectivity index is 5.35.